The van der Waals surface area contributed by atoms with Crippen molar-refractivity contribution in [2.45, 2.75) is 0 Å². The quantitative estimate of drug-likeness (QED) is 0.719. The Morgan fingerprint density at radius 2 is 1.89 bits per heavy atom. The second-order valence-corrected chi connectivity index (χ2v) is 3.45. The molecule has 0 saturated carbocycles. The molecule has 2 amide bonds. The van der Waals surface area contributed by atoms with Gasteiger partial charge >= 0.3 is 6.03 Å². The number of benzene rings is 1. The molecule has 1 aromatic carbocycles. The second-order valence-electron chi connectivity index (χ2n) is 3.45. The van der Waals surface area contributed by atoms with E-state index in [1.807, 2.05) is 0 Å². The van der Waals surface area contributed by atoms with E-state index in [0.29, 0.717) is 19.7 Å². The number of methoxy groups -OCH3 is 1. The van der Waals surface area contributed by atoms with Crippen molar-refractivity contribution in [1.29, 1.82) is 0 Å². The first kappa shape index (κ1) is 14.2. The molecule has 5 nitrogen and oxygen atoms in total. The third-order valence-corrected chi connectivity index (χ3v) is 2.07. The van der Waals surface area contributed by atoms with Crippen molar-refractivity contribution < 1.29 is 18.7 Å². The van der Waals surface area contributed by atoms with Crippen LogP contribution >= 0.6 is 0 Å². The van der Waals surface area contributed by atoms with Crippen LogP contribution in [0, 0.1) is 5.82 Å². The highest BCUT2D eigenvalue weighted by atomic mass is 19.1. The Labute approximate surface area is 105 Å². The van der Waals surface area contributed by atoms with E-state index in [2.05, 4.69) is 10.6 Å². The first-order valence-electron chi connectivity index (χ1n) is 5.62. The highest BCUT2D eigenvalue weighted by molar-refractivity contribution is 5.73. The minimum atomic E-state index is -0.415. The number of halogens is 1. The number of rotatable bonds is 7. The van der Waals surface area contributed by atoms with Gasteiger partial charge in [0.15, 0.2) is 11.6 Å². The Hall–Kier alpha value is -1.82. The molecular formula is C12H17FN2O3. The van der Waals surface area contributed by atoms with Crippen LogP contribution in [-0.2, 0) is 4.74 Å². The van der Waals surface area contributed by atoms with Crippen LogP contribution in [0.1, 0.15) is 0 Å². The zero-order valence-corrected chi connectivity index (χ0v) is 10.2. The number of para-hydroxylation sites is 1. The van der Waals surface area contributed by atoms with E-state index < -0.39 is 5.82 Å². The fourth-order valence-corrected chi connectivity index (χ4v) is 1.22. The Kier molecular flexibility index (Phi) is 6.56. The molecule has 0 aliphatic rings. The Balaban J connectivity index is 2.12. The Bertz CT molecular complexity index is 374. The molecular weight excluding hydrogens is 239 g/mol. The number of hydrogen-bond acceptors (Lipinski definition) is 3. The molecule has 0 radical (unpaired) electrons. The number of nitrogens with one attached hydrogen (secondary N) is 2. The van der Waals surface area contributed by atoms with E-state index in [4.69, 9.17) is 9.47 Å². The summed E-state index contributed by atoms with van der Waals surface area (Å²) in [4.78, 5) is 11.2. The molecule has 100 valence electrons. The highest BCUT2D eigenvalue weighted by Gasteiger charge is 2.02. The van der Waals surface area contributed by atoms with E-state index in [1.54, 1.807) is 19.2 Å². The Morgan fingerprint density at radius 1 is 1.22 bits per heavy atom. The second kappa shape index (κ2) is 8.30. The molecule has 0 aromatic heterocycles. The van der Waals surface area contributed by atoms with Gasteiger partial charge in [-0.1, -0.05) is 12.1 Å². The van der Waals surface area contributed by atoms with Gasteiger partial charge < -0.3 is 20.1 Å². The third kappa shape index (κ3) is 5.49. The zero-order valence-electron chi connectivity index (χ0n) is 10.2. The molecule has 0 atom stereocenters. The molecule has 0 bridgehead atoms. The third-order valence-electron chi connectivity index (χ3n) is 2.07. The van der Waals surface area contributed by atoms with Crippen molar-refractivity contribution in [3.8, 4) is 5.75 Å². The smallest absolute Gasteiger partial charge is 0.314 e. The SMILES string of the molecule is COCCNC(=O)NCCOc1ccccc1F. The van der Waals surface area contributed by atoms with Crippen LogP contribution < -0.4 is 15.4 Å². The molecule has 18 heavy (non-hydrogen) atoms. The normalized spacial score (nSPS) is 9.89. The van der Waals surface area contributed by atoms with E-state index in [1.165, 1.54) is 12.1 Å². The molecule has 6 heteroatoms. The fraction of sp³-hybridized carbons (Fsp3) is 0.417. The summed E-state index contributed by atoms with van der Waals surface area (Å²) in [6.07, 6.45) is 0. The summed E-state index contributed by atoms with van der Waals surface area (Å²) < 4.78 is 23.1. The summed E-state index contributed by atoms with van der Waals surface area (Å²) in [5.41, 5.74) is 0. The summed E-state index contributed by atoms with van der Waals surface area (Å²) in [6, 6.07) is 5.82. The molecule has 0 fully saturated rings. The van der Waals surface area contributed by atoms with Crippen molar-refractivity contribution >= 4 is 6.03 Å². The van der Waals surface area contributed by atoms with E-state index in [0.717, 1.165) is 0 Å². The maximum atomic E-state index is 13.1. The van der Waals surface area contributed by atoms with Gasteiger partial charge in [-0.05, 0) is 12.1 Å². The minimum Gasteiger partial charge on any atom is -0.489 e. The van der Waals surface area contributed by atoms with Gasteiger partial charge in [-0.3, -0.25) is 0 Å². The van der Waals surface area contributed by atoms with Gasteiger partial charge in [-0.2, -0.15) is 0 Å². The predicted molar refractivity (Wildman–Crippen MR) is 65.2 cm³/mol. The molecule has 0 aliphatic carbocycles. The number of ether oxygens (including phenoxy) is 2. The van der Waals surface area contributed by atoms with Gasteiger partial charge in [0.05, 0.1) is 13.2 Å². The molecule has 0 unspecified atom stereocenters. The lowest BCUT2D eigenvalue weighted by atomic mass is 10.3. The first-order valence-corrected chi connectivity index (χ1v) is 5.62. The van der Waals surface area contributed by atoms with Gasteiger partial charge in [0.25, 0.3) is 0 Å². The Morgan fingerprint density at radius 3 is 2.56 bits per heavy atom. The van der Waals surface area contributed by atoms with Crippen molar-refractivity contribution in [2.75, 3.05) is 33.4 Å². The number of carbonyl (C=O) groups excluding carboxylic acids is 1. The number of urea groups is 1. The summed E-state index contributed by atoms with van der Waals surface area (Å²) in [5.74, 6) is -0.235. The molecule has 2 N–H and O–H groups in total. The van der Waals surface area contributed by atoms with Gasteiger partial charge in [-0.15, -0.1) is 0 Å². The van der Waals surface area contributed by atoms with Crippen LogP contribution in [0.25, 0.3) is 0 Å². The van der Waals surface area contributed by atoms with Crippen molar-refractivity contribution in [3.05, 3.63) is 30.1 Å². The monoisotopic (exact) mass is 256 g/mol. The van der Waals surface area contributed by atoms with Gasteiger partial charge in [-0.25, -0.2) is 9.18 Å². The van der Waals surface area contributed by atoms with Crippen LogP contribution in [0.3, 0.4) is 0 Å². The van der Waals surface area contributed by atoms with Crippen LogP contribution in [-0.4, -0.2) is 39.4 Å². The van der Waals surface area contributed by atoms with E-state index >= 15 is 0 Å². The average Bonchev–Trinajstić information content (AvgIpc) is 2.37. The topological polar surface area (TPSA) is 59.6 Å². The lowest BCUT2D eigenvalue weighted by Crippen LogP contribution is -2.39. The molecule has 1 rings (SSSR count). The van der Waals surface area contributed by atoms with Crippen molar-refractivity contribution in [3.63, 3.8) is 0 Å². The number of carbonyl (C=O) groups is 1. The van der Waals surface area contributed by atoms with Crippen molar-refractivity contribution in [2.24, 2.45) is 0 Å². The molecule has 0 aliphatic heterocycles. The minimum absolute atomic E-state index is 0.180. The lowest BCUT2D eigenvalue weighted by Gasteiger charge is -2.09. The van der Waals surface area contributed by atoms with Crippen LogP contribution in [0.4, 0.5) is 9.18 Å². The summed E-state index contributed by atoms with van der Waals surface area (Å²) in [6.45, 7) is 1.40. The largest absolute Gasteiger partial charge is 0.489 e. The maximum Gasteiger partial charge on any atom is 0.314 e. The van der Waals surface area contributed by atoms with Gasteiger partial charge in [0.1, 0.15) is 6.61 Å². The molecule has 1 aromatic rings. The zero-order chi connectivity index (χ0) is 13.2. The predicted octanol–water partition coefficient (Wildman–Crippen LogP) is 1.15. The van der Waals surface area contributed by atoms with Crippen LogP contribution in [0.15, 0.2) is 24.3 Å². The van der Waals surface area contributed by atoms with E-state index in [-0.39, 0.29) is 18.4 Å². The lowest BCUT2D eigenvalue weighted by molar-refractivity contribution is 0.195. The summed E-state index contributed by atoms with van der Waals surface area (Å²) >= 11 is 0. The first-order chi connectivity index (χ1) is 8.74. The number of hydrogen-bond donors (Lipinski definition) is 2. The molecule has 0 spiro atoms. The summed E-state index contributed by atoms with van der Waals surface area (Å²) in [7, 11) is 1.56. The standard InChI is InChI=1S/C12H17FN2O3/c1-17-8-6-14-12(16)15-7-9-18-11-5-3-2-4-10(11)13/h2-5H,6-9H2,1H3,(H2,14,15,16). The van der Waals surface area contributed by atoms with E-state index in [9.17, 15) is 9.18 Å². The molecule has 0 heterocycles. The highest BCUT2D eigenvalue weighted by Crippen LogP contribution is 2.14. The molecule has 0 saturated heterocycles. The van der Waals surface area contributed by atoms with Crippen LogP contribution in [0.2, 0.25) is 0 Å². The number of amides is 2. The average molecular weight is 256 g/mol. The maximum absolute atomic E-state index is 13.1. The fourth-order valence-electron chi connectivity index (χ4n) is 1.22. The van der Waals surface area contributed by atoms with Crippen molar-refractivity contribution in [1.82, 2.24) is 10.6 Å². The summed E-state index contributed by atoms with van der Waals surface area (Å²) in [5, 5.41) is 5.17. The van der Waals surface area contributed by atoms with Crippen LogP contribution in [0.5, 0.6) is 5.75 Å². The van der Waals surface area contributed by atoms with Gasteiger partial charge in [0.2, 0.25) is 0 Å². The van der Waals surface area contributed by atoms with Gasteiger partial charge in [0, 0.05) is 13.7 Å².